The maximum Gasteiger partial charge on any atom is 0.290 e. The second-order valence-electron chi connectivity index (χ2n) is 6.91. The monoisotopic (exact) mass is 437 g/mol. The van der Waals surface area contributed by atoms with Gasteiger partial charge in [-0.15, -0.1) is 0 Å². The fraction of sp³-hybridized carbons (Fsp3) is 0.208. The quantitative estimate of drug-likeness (QED) is 0.536. The Kier molecular flexibility index (Phi) is 7.62. The number of nitrogens with zero attached hydrogens (tertiary/aromatic N) is 2. The molecule has 1 N–H and O–H groups in total. The third-order valence-electron chi connectivity index (χ3n) is 4.57. The highest BCUT2D eigenvalue weighted by molar-refractivity contribution is 6.30. The molecule has 2 aromatic carbocycles. The Morgan fingerprint density at radius 3 is 2.52 bits per heavy atom. The lowest BCUT2D eigenvalue weighted by atomic mass is 10.1. The minimum absolute atomic E-state index is 0.199. The van der Waals surface area contributed by atoms with Gasteiger partial charge in [-0.3, -0.25) is 9.59 Å². The molecule has 0 aliphatic rings. The number of hydrogen-bond acceptors (Lipinski definition) is 4. The van der Waals surface area contributed by atoms with Crippen molar-refractivity contribution in [3.05, 3.63) is 81.6 Å². The molecule has 0 radical (unpaired) electrons. The summed E-state index contributed by atoms with van der Waals surface area (Å²) in [6.45, 7) is 2.16. The minimum Gasteiger partial charge on any atom is -0.497 e. The van der Waals surface area contributed by atoms with E-state index in [2.05, 4.69) is 10.4 Å². The van der Waals surface area contributed by atoms with E-state index in [1.165, 1.54) is 4.68 Å². The van der Waals surface area contributed by atoms with Crippen LogP contribution in [-0.2, 0) is 11.3 Å². The van der Waals surface area contributed by atoms with Crippen LogP contribution in [0.5, 0.6) is 5.75 Å². The number of allylic oxidation sites excluding steroid dienone is 1. The molecule has 1 heterocycles. The van der Waals surface area contributed by atoms with E-state index < -0.39 is 0 Å². The van der Waals surface area contributed by atoms with Gasteiger partial charge in [0.05, 0.1) is 19.3 Å². The van der Waals surface area contributed by atoms with E-state index in [0.29, 0.717) is 23.6 Å². The van der Waals surface area contributed by atoms with Gasteiger partial charge < -0.3 is 10.1 Å². The Morgan fingerprint density at radius 1 is 1.16 bits per heavy atom. The van der Waals surface area contributed by atoms with Crippen LogP contribution in [0.4, 0.5) is 5.69 Å². The number of benzene rings is 2. The Bertz CT molecular complexity index is 1120. The number of anilines is 1. The van der Waals surface area contributed by atoms with Crippen molar-refractivity contribution in [3.8, 4) is 17.0 Å². The normalized spacial score (nSPS) is 10.9. The lowest BCUT2D eigenvalue weighted by Crippen LogP contribution is -2.28. The van der Waals surface area contributed by atoms with Gasteiger partial charge in [0.1, 0.15) is 11.4 Å². The average molecular weight is 438 g/mol. The fourth-order valence-corrected chi connectivity index (χ4v) is 3.09. The van der Waals surface area contributed by atoms with Crippen molar-refractivity contribution < 1.29 is 9.53 Å². The summed E-state index contributed by atoms with van der Waals surface area (Å²) < 4.78 is 6.54. The molecule has 3 aromatic rings. The van der Waals surface area contributed by atoms with E-state index in [9.17, 15) is 9.59 Å². The van der Waals surface area contributed by atoms with E-state index in [0.717, 1.165) is 16.9 Å². The molecule has 0 fully saturated rings. The molecule has 0 aliphatic heterocycles. The van der Waals surface area contributed by atoms with Gasteiger partial charge in [-0.1, -0.05) is 42.8 Å². The SMILES string of the molecule is CCCC(=O)Nc1cc(-c2ccc(OC)cc2)nn(CC=Cc2ccc(Cl)cc2)c1=O. The third kappa shape index (κ3) is 6.06. The number of hydrogen-bond donors (Lipinski definition) is 1. The first-order valence-corrected chi connectivity index (χ1v) is 10.4. The summed E-state index contributed by atoms with van der Waals surface area (Å²) in [7, 11) is 1.60. The number of nitrogens with one attached hydrogen (secondary N) is 1. The summed E-state index contributed by atoms with van der Waals surface area (Å²) in [6.07, 6.45) is 4.77. The smallest absolute Gasteiger partial charge is 0.290 e. The zero-order chi connectivity index (χ0) is 22.2. The summed E-state index contributed by atoms with van der Waals surface area (Å²) in [5.74, 6) is 0.522. The van der Waals surface area contributed by atoms with Crippen molar-refractivity contribution in [1.82, 2.24) is 9.78 Å². The van der Waals surface area contributed by atoms with E-state index in [1.54, 1.807) is 25.3 Å². The highest BCUT2D eigenvalue weighted by Gasteiger charge is 2.12. The molecule has 0 atom stereocenters. The molecule has 0 saturated carbocycles. The number of aromatic nitrogens is 2. The van der Waals surface area contributed by atoms with Crippen LogP contribution in [0.1, 0.15) is 25.3 Å². The number of carbonyl (C=O) groups excluding carboxylic acids is 1. The zero-order valence-corrected chi connectivity index (χ0v) is 18.2. The summed E-state index contributed by atoms with van der Waals surface area (Å²) in [6, 6.07) is 16.4. The lowest BCUT2D eigenvalue weighted by Gasteiger charge is -2.11. The predicted molar refractivity (Wildman–Crippen MR) is 125 cm³/mol. The molecule has 3 rings (SSSR count). The Hall–Kier alpha value is -3.38. The summed E-state index contributed by atoms with van der Waals surface area (Å²) >= 11 is 5.92. The molecule has 1 amide bonds. The van der Waals surface area contributed by atoms with Gasteiger partial charge in [0.25, 0.3) is 5.56 Å². The van der Waals surface area contributed by atoms with Gasteiger partial charge in [0.2, 0.25) is 5.91 Å². The molecular weight excluding hydrogens is 414 g/mol. The average Bonchev–Trinajstić information content (AvgIpc) is 2.77. The first-order valence-electron chi connectivity index (χ1n) is 9.98. The zero-order valence-electron chi connectivity index (χ0n) is 17.5. The Labute approximate surface area is 186 Å². The van der Waals surface area contributed by atoms with Gasteiger partial charge in [0, 0.05) is 17.0 Å². The predicted octanol–water partition coefficient (Wildman–Crippen LogP) is 5.02. The Morgan fingerprint density at radius 2 is 1.87 bits per heavy atom. The second-order valence-corrected chi connectivity index (χ2v) is 7.35. The molecule has 1 aromatic heterocycles. The number of carbonyl (C=O) groups is 1. The second kappa shape index (κ2) is 10.6. The number of halogens is 1. The molecule has 6 nitrogen and oxygen atoms in total. The molecule has 160 valence electrons. The van der Waals surface area contributed by atoms with Gasteiger partial charge in [-0.05, 0) is 54.4 Å². The lowest BCUT2D eigenvalue weighted by molar-refractivity contribution is -0.116. The summed E-state index contributed by atoms with van der Waals surface area (Å²) in [5, 5.41) is 7.88. The van der Waals surface area contributed by atoms with Crippen LogP contribution in [0.3, 0.4) is 0 Å². The van der Waals surface area contributed by atoms with Crippen LogP contribution in [-0.4, -0.2) is 22.8 Å². The minimum atomic E-state index is -0.359. The topological polar surface area (TPSA) is 73.2 Å². The van der Waals surface area contributed by atoms with Crippen LogP contribution >= 0.6 is 11.6 Å². The molecular formula is C24H24ClN3O3. The molecule has 0 bridgehead atoms. The van der Waals surface area contributed by atoms with E-state index in [-0.39, 0.29) is 23.7 Å². The van der Waals surface area contributed by atoms with Crippen LogP contribution < -0.4 is 15.6 Å². The molecule has 0 aliphatic carbocycles. The first kappa shape index (κ1) is 22.3. The molecule has 0 unspecified atom stereocenters. The molecule has 7 heteroatoms. The van der Waals surface area contributed by atoms with Crippen molar-refractivity contribution in [2.45, 2.75) is 26.3 Å². The maximum absolute atomic E-state index is 12.9. The number of rotatable bonds is 8. The largest absolute Gasteiger partial charge is 0.497 e. The van der Waals surface area contributed by atoms with E-state index in [1.807, 2.05) is 55.5 Å². The molecule has 0 saturated heterocycles. The van der Waals surface area contributed by atoms with E-state index >= 15 is 0 Å². The number of methoxy groups -OCH3 is 1. The van der Waals surface area contributed by atoms with Crippen molar-refractivity contribution >= 4 is 29.3 Å². The van der Waals surface area contributed by atoms with Crippen LogP contribution in [0, 0.1) is 0 Å². The highest BCUT2D eigenvalue weighted by atomic mass is 35.5. The number of ether oxygens (including phenoxy) is 1. The first-order chi connectivity index (χ1) is 15.0. The summed E-state index contributed by atoms with van der Waals surface area (Å²) in [4.78, 5) is 25.0. The Balaban J connectivity index is 1.94. The highest BCUT2D eigenvalue weighted by Crippen LogP contribution is 2.21. The van der Waals surface area contributed by atoms with E-state index in [4.69, 9.17) is 16.3 Å². The van der Waals surface area contributed by atoms with Gasteiger partial charge in [-0.25, -0.2) is 4.68 Å². The molecule has 0 spiro atoms. The van der Waals surface area contributed by atoms with Crippen LogP contribution in [0.15, 0.2) is 65.5 Å². The van der Waals surface area contributed by atoms with Crippen molar-refractivity contribution in [3.63, 3.8) is 0 Å². The van der Waals surface area contributed by atoms with Gasteiger partial charge in [-0.2, -0.15) is 5.10 Å². The maximum atomic E-state index is 12.9. The van der Waals surface area contributed by atoms with Gasteiger partial charge >= 0.3 is 0 Å². The molecule has 31 heavy (non-hydrogen) atoms. The third-order valence-corrected chi connectivity index (χ3v) is 4.82. The van der Waals surface area contributed by atoms with Crippen molar-refractivity contribution in [2.75, 3.05) is 12.4 Å². The van der Waals surface area contributed by atoms with Crippen LogP contribution in [0.25, 0.3) is 17.3 Å². The van der Waals surface area contributed by atoms with Crippen molar-refractivity contribution in [2.24, 2.45) is 0 Å². The van der Waals surface area contributed by atoms with Crippen LogP contribution in [0.2, 0.25) is 5.02 Å². The fourth-order valence-electron chi connectivity index (χ4n) is 2.96. The standard InChI is InChI=1S/C24H24ClN3O3/c1-3-5-23(29)26-22-16-21(18-9-13-20(31-2)14-10-18)27-28(24(22)30)15-4-6-17-7-11-19(25)12-8-17/h4,6-14,16H,3,5,15H2,1-2H3,(H,26,29). The number of amides is 1. The van der Waals surface area contributed by atoms with Crippen molar-refractivity contribution in [1.29, 1.82) is 0 Å². The van der Waals surface area contributed by atoms with Gasteiger partial charge in [0.15, 0.2) is 0 Å². The summed E-state index contributed by atoms with van der Waals surface area (Å²) in [5.41, 5.74) is 2.19.